The molecule has 0 N–H and O–H groups in total. The van der Waals surface area contributed by atoms with Crippen LogP contribution in [0.4, 0.5) is 17.1 Å². The molecule has 0 radical (unpaired) electrons. The van der Waals surface area contributed by atoms with Crippen molar-refractivity contribution in [3.05, 3.63) is 187 Å². The second-order valence-electron chi connectivity index (χ2n) is 14.1. The Balaban J connectivity index is 1.14. The van der Waals surface area contributed by atoms with E-state index in [4.69, 9.17) is 4.42 Å². The Kier molecular flexibility index (Phi) is 6.56. The number of benzene rings is 8. The van der Waals surface area contributed by atoms with Crippen molar-refractivity contribution in [2.24, 2.45) is 0 Å². The van der Waals surface area contributed by atoms with E-state index in [2.05, 4.69) is 189 Å². The van der Waals surface area contributed by atoms with Gasteiger partial charge in [0.2, 0.25) is 0 Å². The highest BCUT2D eigenvalue weighted by Gasteiger charge is 2.38. The summed E-state index contributed by atoms with van der Waals surface area (Å²) in [6.45, 7) is 4.73. The van der Waals surface area contributed by atoms with Gasteiger partial charge < -0.3 is 9.32 Å². The molecule has 1 aromatic heterocycles. The molecule has 2 heteroatoms. The van der Waals surface area contributed by atoms with Gasteiger partial charge in [0.25, 0.3) is 0 Å². The van der Waals surface area contributed by atoms with Gasteiger partial charge in [-0.15, -0.1) is 0 Å². The third-order valence-corrected chi connectivity index (χ3v) is 10.8. The molecule has 0 aliphatic heterocycles. The first kappa shape index (κ1) is 29.5. The lowest BCUT2D eigenvalue weighted by atomic mass is 9.80. The van der Waals surface area contributed by atoms with Crippen LogP contribution in [0.2, 0.25) is 0 Å². The number of anilines is 3. The van der Waals surface area contributed by atoms with Crippen LogP contribution in [-0.2, 0) is 5.41 Å². The first-order valence-corrected chi connectivity index (χ1v) is 17.7. The zero-order chi connectivity index (χ0) is 34.1. The van der Waals surface area contributed by atoms with Crippen LogP contribution in [0.1, 0.15) is 25.0 Å². The topological polar surface area (TPSA) is 16.4 Å². The Labute approximate surface area is 297 Å². The first-order chi connectivity index (χ1) is 25.0. The molecular formula is C49H35NO. The van der Waals surface area contributed by atoms with Crippen molar-refractivity contribution in [3.8, 4) is 33.4 Å². The molecule has 10 rings (SSSR count). The van der Waals surface area contributed by atoms with Crippen molar-refractivity contribution in [1.29, 1.82) is 0 Å². The average Bonchev–Trinajstić information content (AvgIpc) is 3.67. The lowest BCUT2D eigenvalue weighted by Gasteiger charge is -2.30. The van der Waals surface area contributed by atoms with E-state index >= 15 is 0 Å². The monoisotopic (exact) mass is 653 g/mol. The van der Waals surface area contributed by atoms with Crippen molar-refractivity contribution in [2.45, 2.75) is 19.3 Å². The Bertz CT molecular complexity index is 2770. The minimum absolute atomic E-state index is 0.239. The summed E-state index contributed by atoms with van der Waals surface area (Å²) in [7, 11) is 0. The van der Waals surface area contributed by atoms with Crippen molar-refractivity contribution in [2.75, 3.05) is 4.90 Å². The van der Waals surface area contributed by atoms with Crippen molar-refractivity contribution < 1.29 is 4.42 Å². The molecular weight excluding hydrogens is 619 g/mol. The maximum absolute atomic E-state index is 6.36. The Morgan fingerprint density at radius 3 is 2.00 bits per heavy atom. The summed E-state index contributed by atoms with van der Waals surface area (Å²) >= 11 is 0. The third-order valence-electron chi connectivity index (χ3n) is 10.8. The molecule has 0 unspecified atom stereocenters. The standard InChI is InChI=1S/C49H35NO/c1-49(2)43-31-38(26-27-40(43)41-28-29-46-47(48(41)49)42-17-9-11-19-45(42)51-46)50(44-18-10-8-16-39(44)34-13-4-3-5-14-34)37-24-22-33(23-25-37)36-21-20-32-12-6-7-15-35(32)30-36/h3-31H,1-2H3. The Morgan fingerprint density at radius 1 is 0.451 bits per heavy atom. The molecule has 0 bridgehead atoms. The van der Waals surface area contributed by atoms with E-state index in [-0.39, 0.29) is 5.41 Å². The number of hydrogen-bond acceptors (Lipinski definition) is 2. The summed E-state index contributed by atoms with van der Waals surface area (Å²) in [5, 5.41) is 4.90. The van der Waals surface area contributed by atoms with Gasteiger partial charge in [-0.1, -0.05) is 141 Å². The van der Waals surface area contributed by atoms with Gasteiger partial charge in [-0.2, -0.15) is 0 Å². The maximum Gasteiger partial charge on any atom is 0.135 e. The number of furan rings is 1. The summed E-state index contributed by atoms with van der Waals surface area (Å²) in [6.07, 6.45) is 0. The Morgan fingerprint density at radius 2 is 1.14 bits per heavy atom. The molecule has 1 aliphatic rings. The van der Waals surface area contributed by atoms with E-state index in [1.807, 2.05) is 6.07 Å². The van der Waals surface area contributed by atoms with Crippen LogP contribution in [0.5, 0.6) is 0 Å². The van der Waals surface area contributed by atoms with Crippen molar-refractivity contribution in [3.63, 3.8) is 0 Å². The predicted molar refractivity (Wildman–Crippen MR) is 214 cm³/mol. The molecule has 1 heterocycles. The van der Waals surface area contributed by atoms with E-state index < -0.39 is 0 Å². The highest BCUT2D eigenvalue weighted by Crippen LogP contribution is 2.54. The van der Waals surface area contributed by atoms with Gasteiger partial charge >= 0.3 is 0 Å². The molecule has 1 aliphatic carbocycles. The highest BCUT2D eigenvalue weighted by atomic mass is 16.3. The lowest BCUT2D eigenvalue weighted by Crippen LogP contribution is -2.17. The van der Waals surface area contributed by atoms with E-state index in [1.165, 1.54) is 66.1 Å². The van der Waals surface area contributed by atoms with Crippen LogP contribution in [0.3, 0.4) is 0 Å². The summed E-state index contributed by atoms with van der Waals surface area (Å²) < 4.78 is 6.36. The van der Waals surface area contributed by atoms with Crippen LogP contribution in [-0.4, -0.2) is 0 Å². The van der Waals surface area contributed by atoms with E-state index in [0.29, 0.717) is 0 Å². The molecule has 0 atom stereocenters. The molecule has 51 heavy (non-hydrogen) atoms. The highest BCUT2D eigenvalue weighted by molar-refractivity contribution is 6.11. The zero-order valence-corrected chi connectivity index (χ0v) is 28.6. The van der Waals surface area contributed by atoms with Gasteiger partial charge in [0, 0.05) is 33.1 Å². The normalized spacial score (nSPS) is 13.1. The van der Waals surface area contributed by atoms with Gasteiger partial charge in [0.05, 0.1) is 5.69 Å². The molecule has 9 aromatic rings. The van der Waals surface area contributed by atoms with Gasteiger partial charge in [-0.3, -0.25) is 0 Å². The number of nitrogens with zero attached hydrogens (tertiary/aromatic N) is 1. The molecule has 0 saturated carbocycles. The minimum Gasteiger partial charge on any atom is -0.456 e. The molecule has 8 aromatic carbocycles. The number of para-hydroxylation sites is 2. The van der Waals surface area contributed by atoms with Gasteiger partial charge in [0.15, 0.2) is 0 Å². The lowest BCUT2D eigenvalue weighted by molar-refractivity contribution is 0.657. The second-order valence-corrected chi connectivity index (χ2v) is 14.1. The van der Waals surface area contributed by atoms with Crippen molar-refractivity contribution >= 4 is 49.8 Å². The Hall–Kier alpha value is -6.38. The van der Waals surface area contributed by atoms with Crippen LogP contribution in [0.25, 0.3) is 66.1 Å². The fourth-order valence-electron chi connectivity index (χ4n) is 8.38. The number of hydrogen-bond donors (Lipinski definition) is 0. The molecule has 0 spiro atoms. The van der Waals surface area contributed by atoms with Gasteiger partial charge in [0.1, 0.15) is 11.2 Å². The molecule has 0 saturated heterocycles. The summed E-state index contributed by atoms with van der Waals surface area (Å²) in [4.78, 5) is 2.43. The van der Waals surface area contributed by atoms with Crippen LogP contribution in [0, 0.1) is 0 Å². The van der Waals surface area contributed by atoms with E-state index in [9.17, 15) is 0 Å². The molecule has 2 nitrogen and oxygen atoms in total. The molecule has 0 fully saturated rings. The minimum atomic E-state index is -0.239. The van der Waals surface area contributed by atoms with E-state index in [1.54, 1.807) is 0 Å². The molecule has 242 valence electrons. The summed E-state index contributed by atoms with van der Waals surface area (Å²) in [5.41, 5.74) is 15.0. The third kappa shape index (κ3) is 4.64. The van der Waals surface area contributed by atoms with Gasteiger partial charge in [-0.05, 0) is 98.2 Å². The molecule has 0 amide bonds. The largest absolute Gasteiger partial charge is 0.456 e. The second kappa shape index (κ2) is 11.3. The number of fused-ring (bicyclic) bond motifs is 8. The van der Waals surface area contributed by atoms with E-state index in [0.717, 1.165) is 28.2 Å². The average molecular weight is 654 g/mol. The van der Waals surface area contributed by atoms with Gasteiger partial charge in [-0.25, -0.2) is 0 Å². The number of rotatable bonds is 5. The van der Waals surface area contributed by atoms with Crippen LogP contribution in [0.15, 0.2) is 180 Å². The van der Waals surface area contributed by atoms with Crippen LogP contribution < -0.4 is 4.90 Å². The predicted octanol–water partition coefficient (Wildman–Crippen LogP) is 13.8. The zero-order valence-electron chi connectivity index (χ0n) is 28.6. The smallest absolute Gasteiger partial charge is 0.135 e. The quantitative estimate of drug-likeness (QED) is 0.184. The fraction of sp³-hybridized carbons (Fsp3) is 0.0612. The summed E-state index contributed by atoms with van der Waals surface area (Å²) in [5.74, 6) is 0. The maximum atomic E-state index is 6.36. The van der Waals surface area contributed by atoms with Crippen molar-refractivity contribution in [1.82, 2.24) is 0 Å². The SMILES string of the molecule is CC1(C)c2cc(N(c3ccc(-c4ccc5ccccc5c4)cc3)c3ccccc3-c3ccccc3)ccc2-c2ccc3oc4ccccc4c3c21. The fourth-order valence-corrected chi connectivity index (χ4v) is 8.38. The first-order valence-electron chi connectivity index (χ1n) is 17.7. The van der Waals surface area contributed by atoms with Crippen LogP contribution >= 0.6 is 0 Å². The summed E-state index contributed by atoms with van der Waals surface area (Å²) in [6, 6.07) is 63.6.